The van der Waals surface area contributed by atoms with Crippen LogP contribution in [0.2, 0.25) is 0 Å². The summed E-state index contributed by atoms with van der Waals surface area (Å²) in [6.07, 6.45) is 1.61. The van der Waals surface area contributed by atoms with Crippen molar-refractivity contribution in [2.24, 2.45) is 0 Å². The third kappa shape index (κ3) is 6.70. The number of hydrogen-bond acceptors (Lipinski definition) is 8. The zero-order valence-electron chi connectivity index (χ0n) is 26.8. The first-order chi connectivity index (χ1) is 22.4. The van der Waals surface area contributed by atoms with E-state index in [1.807, 2.05) is 55.5 Å². The van der Waals surface area contributed by atoms with Crippen molar-refractivity contribution in [3.8, 4) is 11.5 Å². The Hall–Kier alpha value is -5.17. The second kappa shape index (κ2) is 12.6. The summed E-state index contributed by atoms with van der Waals surface area (Å²) >= 11 is 1.20. The van der Waals surface area contributed by atoms with E-state index in [-0.39, 0.29) is 24.4 Å². The van der Waals surface area contributed by atoms with Crippen LogP contribution in [0.4, 0.5) is 26.7 Å². The summed E-state index contributed by atoms with van der Waals surface area (Å²) in [5.74, 6) is 0.768. The van der Waals surface area contributed by atoms with Gasteiger partial charge in [-0.05, 0) is 76.1 Å². The van der Waals surface area contributed by atoms with Gasteiger partial charge < -0.3 is 29.9 Å². The number of likely N-dealkylation sites (N-methyl/N-ethyl adjacent to an activating group) is 1. The first kappa shape index (κ1) is 31.8. The van der Waals surface area contributed by atoms with Gasteiger partial charge in [0.05, 0.1) is 22.4 Å². The number of thiophene rings is 1. The smallest absolute Gasteiger partial charge is 0.410 e. The number of anilines is 3. The quantitative estimate of drug-likeness (QED) is 0.239. The third-order valence-electron chi connectivity index (χ3n) is 7.79. The van der Waals surface area contributed by atoms with Crippen molar-refractivity contribution in [1.29, 1.82) is 0 Å². The molecule has 2 aliphatic rings. The van der Waals surface area contributed by atoms with Gasteiger partial charge in [0.25, 0.3) is 5.91 Å². The normalized spacial score (nSPS) is 15.8. The Morgan fingerprint density at radius 1 is 1.09 bits per heavy atom. The second-order valence-electron chi connectivity index (χ2n) is 12.6. The molecular formula is C34H36N6O6S. The lowest BCUT2D eigenvalue weighted by Crippen LogP contribution is -2.43. The number of ether oxygens (including phenoxy) is 2. The van der Waals surface area contributed by atoms with Crippen LogP contribution in [0.5, 0.6) is 11.5 Å². The van der Waals surface area contributed by atoms with Gasteiger partial charge in [-0.15, -0.1) is 11.3 Å². The number of hydrogen-bond donors (Lipinski definition) is 2. The molecule has 2 aromatic heterocycles. The number of benzene rings is 2. The number of rotatable bonds is 7. The van der Waals surface area contributed by atoms with Crippen LogP contribution in [0.1, 0.15) is 42.4 Å². The SMILES string of the molecule is Cc1cc(Oc2ccccc2)ccc1N1C(=O)Nc2c(C(=O)NC3CCN(C(=O)CN(C)C(=O)OC(C)(C)C)C3)sc3nccc1c23. The number of carbonyl (C=O) groups excluding carboxylic acids is 4. The predicted molar refractivity (Wildman–Crippen MR) is 180 cm³/mol. The number of pyridine rings is 1. The van der Waals surface area contributed by atoms with E-state index in [9.17, 15) is 19.2 Å². The lowest BCUT2D eigenvalue weighted by molar-refractivity contribution is -0.131. The number of nitrogens with one attached hydrogen (secondary N) is 2. The van der Waals surface area contributed by atoms with E-state index >= 15 is 0 Å². The van der Waals surface area contributed by atoms with Crippen molar-refractivity contribution >= 4 is 62.6 Å². The molecule has 47 heavy (non-hydrogen) atoms. The Balaban J connectivity index is 1.16. The summed E-state index contributed by atoms with van der Waals surface area (Å²) in [6, 6.07) is 16.1. The number of amides is 5. The fraction of sp³-hybridized carbons (Fsp3) is 0.324. The van der Waals surface area contributed by atoms with Crippen molar-refractivity contribution in [1.82, 2.24) is 20.1 Å². The lowest BCUT2D eigenvalue weighted by atomic mass is 10.1. The molecule has 0 radical (unpaired) electrons. The molecular weight excluding hydrogens is 620 g/mol. The minimum Gasteiger partial charge on any atom is -0.457 e. The van der Waals surface area contributed by atoms with Crippen molar-refractivity contribution < 1.29 is 28.7 Å². The van der Waals surface area contributed by atoms with Gasteiger partial charge in [0.1, 0.15) is 33.4 Å². The fourth-order valence-corrected chi connectivity index (χ4v) is 6.64. The largest absolute Gasteiger partial charge is 0.457 e. The van der Waals surface area contributed by atoms with Crippen molar-refractivity contribution in [3.63, 3.8) is 0 Å². The molecule has 1 atom stereocenters. The van der Waals surface area contributed by atoms with Gasteiger partial charge in [0.2, 0.25) is 5.91 Å². The Morgan fingerprint density at radius 3 is 2.57 bits per heavy atom. The second-order valence-corrected chi connectivity index (χ2v) is 13.6. The molecule has 13 heteroatoms. The highest BCUT2D eigenvalue weighted by atomic mass is 32.1. The number of urea groups is 1. The van der Waals surface area contributed by atoms with Crippen molar-refractivity contribution in [2.75, 3.05) is 36.9 Å². The lowest BCUT2D eigenvalue weighted by Gasteiger charge is -2.29. The topological polar surface area (TPSA) is 133 Å². The summed E-state index contributed by atoms with van der Waals surface area (Å²) in [5, 5.41) is 6.64. The molecule has 5 amide bonds. The minimum atomic E-state index is -0.667. The fourth-order valence-electron chi connectivity index (χ4n) is 5.61. The zero-order valence-corrected chi connectivity index (χ0v) is 27.6. The molecule has 6 rings (SSSR count). The van der Waals surface area contributed by atoms with Crippen LogP contribution in [0.25, 0.3) is 10.2 Å². The van der Waals surface area contributed by atoms with E-state index in [0.29, 0.717) is 63.2 Å². The van der Waals surface area contributed by atoms with Crippen molar-refractivity contribution in [2.45, 2.75) is 45.8 Å². The molecule has 2 aliphatic heterocycles. The van der Waals surface area contributed by atoms with Crippen molar-refractivity contribution in [3.05, 3.63) is 71.2 Å². The average Bonchev–Trinajstić information content (AvgIpc) is 3.63. The molecule has 2 N–H and O–H groups in total. The Bertz CT molecular complexity index is 1870. The zero-order chi connectivity index (χ0) is 33.5. The molecule has 4 heterocycles. The highest BCUT2D eigenvalue weighted by molar-refractivity contribution is 7.21. The number of aromatic nitrogens is 1. The Morgan fingerprint density at radius 2 is 1.85 bits per heavy atom. The van der Waals surface area contributed by atoms with E-state index in [4.69, 9.17) is 9.47 Å². The highest BCUT2D eigenvalue weighted by Crippen LogP contribution is 2.46. The minimum absolute atomic E-state index is 0.130. The predicted octanol–water partition coefficient (Wildman–Crippen LogP) is 6.28. The van der Waals surface area contributed by atoms with Gasteiger partial charge in [0.15, 0.2) is 0 Å². The Kier molecular flexibility index (Phi) is 8.49. The van der Waals surface area contributed by atoms with Gasteiger partial charge in [-0.3, -0.25) is 14.5 Å². The van der Waals surface area contributed by atoms with E-state index < -0.39 is 17.7 Å². The molecule has 12 nitrogen and oxygen atoms in total. The number of aryl methyl sites for hydroxylation is 1. The van der Waals surface area contributed by atoms with E-state index in [2.05, 4.69) is 15.6 Å². The summed E-state index contributed by atoms with van der Waals surface area (Å²) in [6.45, 7) is 7.82. The standard InChI is InChI=1S/C34H36N6O6S/c1-20-17-23(45-22-9-7-6-8-10-22)11-12-24(20)40-25-13-15-35-31-27(25)28(37-32(40)43)29(47-31)30(42)36-21-14-16-39(18-21)26(41)19-38(5)33(44)46-34(2,3)4/h6-13,15,17,21H,14,16,18-19H2,1-5H3,(H,36,42)(H,37,43). The molecule has 244 valence electrons. The molecule has 1 fully saturated rings. The van der Waals surface area contributed by atoms with Crippen LogP contribution >= 0.6 is 11.3 Å². The molecule has 0 spiro atoms. The Labute approximate surface area is 276 Å². The molecule has 0 bridgehead atoms. The third-order valence-corrected chi connectivity index (χ3v) is 8.89. The van der Waals surface area contributed by atoms with E-state index in [1.165, 1.54) is 23.3 Å². The maximum absolute atomic E-state index is 13.6. The van der Waals surface area contributed by atoms with Gasteiger partial charge in [-0.1, -0.05) is 18.2 Å². The summed E-state index contributed by atoms with van der Waals surface area (Å²) < 4.78 is 11.3. The first-order valence-electron chi connectivity index (χ1n) is 15.3. The van der Waals surface area contributed by atoms with Crippen LogP contribution in [0.15, 0.2) is 60.8 Å². The van der Waals surface area contributed by atoms with Gasteiger partial charge in [-0.2, -0.15) is 0 Å². The summed E-state index contributed by atoms with van der Waals surface area (Å²) in [7, 11) is 1.52. The van der Waals surface area contributed by atoms with Crippen LogP contribution in [-0.2, 0) is 9.53 Å². The number of carbonyl (C=O) groups is 4. The van der Waals surface area contributed by atoms with E-state index in [0.717, 1.165) is 5.56 Å². The molecule has 4 aromatic rings. The van der Waals surface area contributed by atoms with Crippen LogP contribution in [0.3, 0.4) is 0 Å². The van der Waals surface area contributed by atoms with Crippen LogP contribution in [-0.4, -0.2) is 77.0 Å². The van der Waals surface area contributed by atoms with Gasteiger partial charge in [-0.25, -0.2) is 14.6 Å². The van der Waals surface area contributed by atoms with E-state index in [1.54, 1.807) is 42.8 Å². The molecule has 0 saturated carbocycles. The molecule has 1 saturated heterocycles. The first-order valence-corrected chi connectivity index (χ1v) is 16.1. The molecule has 0 aliphatic carbocycles. The molecule has 2 aromatic carbocycles. The van der Waals surface area contributed by atoms with Crippen LogP contribution < -0.4 is 20.3 Å². The number of nitrogens with zero attached hydrogens (tertiary/aromatic N) is 4. The summed E-state index contributed by atoms with van der Waals surface area (Å²) in [5.41, 5.74) is 1.87. The average molecular weight is 657 g/mol. The van der Waals surface area contributed by atoms with Gasteiger partial charge >= 0.3 is 12.1 Å². The maximum atomic E-state index is 13.6. The number of likely N-dealkylation sites (tertiary alicyclic amines) is 1. The van der Waals surface area contributed by atoms with Gasteiger partial charge in [0, 0.05) is 32.4 Å². The molecule has 1 unspecified atom stereocenters. The van der Waals surface area contributed by atoms with Crippen LogP contribution in [0, 0.1) is 6.92 Å². The summed E-state index contributed by atoms with van der Waals surface area (Å²) in [4.78, 5) is 62.3. The monoisotopic (exact) mass is 656 g/mol. The number of para-hydroxylation sites is 1. The maximum Gasteiger partial charge on any atom is 0.410 e. The highest BCUT2D eigenvalue weighted by Gasteiger charge is 2.35.